The topological polar surface area (TPSA) is 142 Å². The molecule has 3 saturated heterocycles. The maximum Gasteiger partial charge on any atom is 0.573 e. The van der Waals surface area contributed by atoms with E-state index in [0.717, 1.165) is 28.8 Å². The number of aromatic hydroxyl groups is 1. The monoisotopic (exact) mass is 915 g/mol. The lowest BCUT2D eigenvalue weighted by Crippen LogP contribution is -2.53. The van der Waals surface area contributed by atoms with Crippen LogP contribution in [0.2, 0.25) is 10.0 Å². The highest BCUT2D eigenvalue weighted by atomic mass is 35.5. The zero-order valence-electron chi connectivity index (χ0n) is 32.4. The van der Waals surface area contributed by atoms with Crippen LogP contribution >= 0.6 is 23.2 Å². The number of carbonyl (C=O) groups is 4. The quantitative estimate of drug-likeness (QED) is 0.106. The summed E-state index contributed by atoms with van der Waals surface area (Å²) in [6.07, 6.45) is -8.30. The van der Waals surface area contributed by atoms with Gasteiger partial charge in [-0.2, -0.15) is 18.2 Å². The maximum atomic E-state index is 15.4. The molecule has 63 heavy (non-hydrogen) atoms. The number of allylic oxidation sites excluding steroid dienone is 2. The molecule has 9 rings (SSSR count). The van der Waals surface area contributed by atoms with Crippen LogP contribution in [0.5, 0.6) is 11.5 Å². The normalized spacial score (nSPS) is 26.1. The number of imide groups is 2. The minimum Gasteiger partial charge on any atom is -0.508 e. The number of rotatable bonds is 7. The van der Waals surface area contributed by atoms with E-state index in [1.54, 1.807) is 30.3 Å². The summed E-state index contributed by atoms with van der Waals surface area (Å²) in [6, 6.07) is 15.8. The number of hydrazine groups is 1. The fourth-order valence-electron chi connectivity index (χ4n) is 9.98. The van der Waals surface area contributed by atoms with Crippen molar-refractivity contribution in [3.63, 3.8) is 0 Å². The van der Waals surface area contributed by atoms with Crippen LogP contribution in [0, 0.1) is 23.7 Å². The number of phenolic OH excluding ortho intramolecular Hbond substituents is 1. The number of amides is 4. The molecule has 3 aliphatic heterocycles. The summed E-state index contributed by atoms with van der Waals surface area (Å²) >= 11 is 12.5. The second-order valence-corrected chi connectivity index (χ2v) is 16.7. The molecular weight excluding hydrogens is 883 g/mol. The molecule has 1 saturated carbocycles. The SMILES string of the molecule is O=C1[C@@H]2C[C@@H]3C(=CC[C@@H]4C(=O)N(c5ccc(N6CCOCC6)cc5)C(=O)[C@@H]43)[C@H](c3cc(OC(F)(F)F)ccc3O)[C@]2(c2ccc(Cl)cc2)C(=O)N1Nc1ncc(C(F)(F)F)cc1Cl. The van der Waals surface area contributed by atoms with E-state index in [-0.39, 0.29) is 34.6 Å². The molecule has 4 fully saturated rings. The van der Waals surface area contributed by atoms with Crippen LogP contribution in [0.25, 0.3) is 0 Å². The second-order valence-electron chi connectivity index (χ2n) is 15.8. The van der Waals surface area contributed by atoms with Crippen LogP contribution < -0.4 is 20.0 Å². The molecule has 2 aliphatic carbocycles. The van der Waals surface area contributed by atoms with E-state index in [1.807, 2.05) is 0 Å². The van der Waals surface area contributed by atoms with Gasteiger partial charge in [0.1, 0.15) is 11.5 Å². The summed E-state index contributed by atoms with van der Waals surface area (Å²) in [5.41, 5.74) is 0.376. The fourth-order valence-corrected chi connectivity index (χ4v) is 10.3. The molecular formula is C43H33Cl2F6N5O7. The number of hydrogen-bond donors (Lipinski definition) is 2. The van der Waals surface area contributed by atoms with Crippen LogP contribution in [0.1, 0.15) is 35.4 Å². The average Bonchev–Trinajstić information content (AvgIpc) is 3.62. The van der Waals surface area contributed by atoms with Gasteiger partial charge < -0.3 is 19.5 Å². The Morgan fingerprint density at radius 2 is 1.52 bits per heavy atom. The summed E-state index contributed by atoms with van der Waals surface area (Å²) < 4.78 is 91.5. The molecule has 5 aliphatic rings. The van der Waals surface area contributed by atoms with Crippen LogP contribution in [-0.2, 0) is 35.5 Å². The van der Waals surface area contributed by atoms with Crippen molar-refractivity contribution in [2.24, 2.45) is 23.7 Å². The van der Waals surface area contributed by atoms with Gasteiger partial charge in [-0.3, -0.25) is 29.5 Å². The predicted octanol–water partition coefficient (Wildman–Crippen LogP) is 8.04. The third-order valence-corrected chi connectivity index (χ3v) is 13.1. The van der Waals surface area contributed by atoms with Crippen molar-refractivity contribution in [1.82, 2.24) is 9.99 Å². The number of nitrogens with zero attached hydrogens (tertiary/aromatic N) is 4. The van der Waals surface area contributed by atoms with Gasteiger partial charge >= 0.3 is 12.5 Å². The van der Waals surface area contributed by atoms with Crippen molar-refractivity contribution in [2.45, 2.75) is 36.7 Å². The highest BCUT2D eigenvalue weighted by Gasteiger charge is 2.71. The molecule has 6 atom stereocenters. The third kappa shape index (κ3) is 7.11. The Kier molecular flexibility index (Phi) is 10.4. The van der Waals surface area contributed by atoms with Gasteiger partial charge in [0.2, 0.25) is 11.8 Å². The van der Waals surface area contributed by atoms with Gasteiger partial charge in [-0.05, 0) is 85.0 Å². The average molecular weight is 917 g/mol. The van der Waals surface area contributed by atoms with E-state index in [0.29, 0.717) is 49.3 Å². The molecule has 4 amide bonds. The molecule has 12 nitrogen and oxygen atoms in total. The fraction of sp³-hybridized carbons (Fsp3) is 0.326. The Hall–Kier alpha value is -5.85. The summed E-state index contributed by atoms with van der Waals surface area (Å²) in [5, 5.41) is 11.7. The van der Waals surface area contributed by atoms with Crippen molar-refractivity contribution in [1.29, 1.82) is 0 Å². The van der Waals surface area contributed by atoms with Crippen molar-refractivity contribution < 1.29 is 60.1 Å². The second kappa shape index (κ2) is 15.4. The van der Waals surface area contributed by atoms with Gasteiger partial charge in [-0.15, -0.1) is 13.2 Å². The van der Waals surface area contributed by atoms with E-state index in [2.05, 4.69) is 20.0 Å². The number of anilines is 3. The van der Waals surface area contributed by atoms with E-state index < -0.39 is 99.1 Å². The van der Waals surface area contributed by atoms with E-state index in [1.165, 1.54) is 24.3 Å². The largest absolute Gasteiger partial charge is 0.573 e. The number of alkyl halides is 6. The van der Waals surface area contributed by atoms with Gasteiger partial charge in [0.25, 0.3) is 11.8 Å². The molecule has 328 valence electrons. The van der Waals surface area contributed by atoms with Crippen LogP contribution in [-0.4, -0.2) is 71.4 Å². The Morgan fingerprint density at radius 3 is 2.17 bits per heavy atom. The Morgan fingerprint density at radius 1 is 0.841 bits per heavy atom. The number of phenols is 1. The van der Waals surface area contributed by atoms with Gasteiger partial charge in [0, 0.05) is 41.5 Å². The first-order valence-corrected chi connectivity index (χ1v) is 20.4. The molecule has 0 spiro atoms. The smallest absolute Gasteiger partial charge is 0.508 e. The van der Waals surface area contributed by atoms with Crippen molar-refractivity contribution in [2.75, 3.05) is 41.5 Å². The lowest BCUT2D eigenvalue weighted by Gasteiger charge is -2.50. The molecule has 3 aromatic carbocycles. The number of fused-ring (bicyclic) bond motifs is 4. The molecule has 4 aromatic rings. The first-order chi connectivity index (χ1) is 29.9. The summed E-state index contributed by atoms with van der Waals surface area (Å²) in [7, 11) is 0. The molecule has 0 radical (unpaired) electrons. The standard InChI is InChI=1S/C43H33Cl2F6N5O7/c44-23-3-1-21(2-4-23)41-31(38(59)56(40(41)61)53-36-32(45)17-22(20-52-36)42(46,47)48)19-29-27(35(41)30-18-26(9-12-33(30)57)63-43(49,50)51)10-11-28-34(29)39(60)55(37(28)58)25-7-5-24(6-8-25)54-13-15-62-16-14-54/h1-10,12,17-18,20,28-29,31,34-35,57H,11,13-16,19H2,(H,52,53)/t28-,29+,31-,34-,35+,41+/m0/s1. The van der Waals surface area contributed by atoms with E-state index >= 15 is 4.79 Å². The Balaban J connectivity index is 1.19. The molecule has 4 heterocycles. The number of benzene rings is 3. The van der Waals surface area contributed by atoms with Crippen molar-refractivity contribution in [3.05, 3.63) is 117 Å². The van der Waals surface area contributed by atoms with Gasteiger partial charge in [0.15, 0.2) is 5.82 Å². The number of aromatic nitrogens is 1. The highest BCUT2D eigenvalue weighted by Crippen LogP contribution is 2.65. The molecule has 1 aromatic heterocycles. The maximum absolute atomic E-state index is 15.4. The molecule has 0 bridgehead atoms. The molecule has 2 N–H and O–H groups in total. The van der Waals surface area contributed by atoms with E-state index in [9.17, 15) is 45.8 Å². The predicted molar refractivity (Wildman–Crippen MR) is 214 cm³/mol. The number of pyridine rings is 1. The Bertz CT molecular complexity index is 2570. The number of hydrogen-bond acceptors (Lipinski definition) is 10. The first kappa shape index (κ1) is 42.5. The minimum atomic E-state index is -5.19. The Labute approximate surface area is 363 Å². The zero-order chi connectivity index (χ0) is 44.7. The number of carbonyl (C=O) groups excluding carboxylic acids is 4. The lowest BCUT2D eigenvalue weighted by molar-refractivity contribution is -0.274. The van der Waals surface area contributed by atoms with Crippen LogP contribution in [0.4, 0.5) is 43.5 Å². The minimum absolute atomic E-state index is 0.0595. The lowest BCUT2D eigenvalue weighted by atomic mass is 9.49. The zero-order valence-corrected chi connectivity index (χ0v) is 33.9. The van der Waals surface area contributed by atoms with Gasteiger partial charge in [0.05, 0.1) is 52.7 Å². The van der Waals surface area contributed by atoms with Crippen LogP contribution in [0.3, 0.4) is 0 Å². The summed E-state index contributed by atoms with van der Waals surface area (Å²) in [4.78, 5) is 66.3. The third-order valence-electron chi connectivity index (χ3n) is 12.6. The van der Waals surface area contributed by atoms with Gasteiger partial charge in [-0.25, -0.2) is 4.98 Å². The molecule has 20 heteroatoms. The summed E-state index contributed by atoms with van der Waals surface area (Å²) in [6.45, 7) is 2.35. The number of morpholine rings is 1. The first-order valence-electron chi connectivity index (χ1n) is 19.6. The number of nitrogens with one attached hydrogen (secondary N) is 1. The van der Waals surface area contributed by atoms with Gasteiger partial charge in [-0.1, -0.05) is 47.0 Å². The molecule has 0 unspecified atom stereocenters. The number of ether oxygens (including phenoxy) is 2. The van der Waals surface area contributed by atoms with Crippen molar-refractivity contribution >= 4 is 64.0 Å². The summed E-state index contributed by atoms with van der Waals surface area (Å²) in [5.74, 6) is -11.1. The number of halogens is 8. The van der Waals surface area contributed by atoms with Crippen molar-refractivity contribution in [3.8, 4) is 11.5 Å². The van der Waals surface area contributed by atoms with Crippen LogP contribution in [0.15, 0.2) is 90.6 Å². The highest BCUT2D eigenvalue weighted by molar-refractivity contribution is 6.33. The van der Waals surface area contributed by atoms with E-state index in [4.69, 9.17) is 27.9 Å².